The molecule has 0 fully saturated rings. The minimum absolute atomic E-state index is 0.0825. The summed E-state index contributed by atoms with van der Waals surface area (Å²) in [4.78, 5) is 11.7. The molecule has 0 aliphatic rings. The Kier molecular flexibility index (Phi) is 6.56. The topological polar surface area (TPSA) is 50.7 Å². The van der Waals surface area contributed by atoms with Gasteiger partial charge in [0.1, 0.15) is 5.75 Å². The van der Waals surface area contributed by atoms with E-state index in [1.807, 2.05) is 61.5 Å². The van der Waals surface area contributed by atoms with Gasteiger partial charge in [-0.05, 0) is 42.8 Å². The molecule has 1 N–H and O–H groups in total. The van der Waals surface area contributed by atoms with E-state index < -0.39 is 0 Å². The number of nitrogens with zero attached hydrogens (tertiary/aromatic N) is 1. The molecule has 23 heavy (non-hydrogen) atoms. The van der Waals surface area contributed by atoms with Crippen molar-refractivity contribution in [3.8, 4) is 5.75 Å². The normalized spacial score (nSPS) is 11.5. The molecule has 4 nitrogen and oxygen atoms in total. The lowest BCUT2D eigenvalue weighted by Crippen LogP contribution is -2.25. The second-order valence-electron chi connectivity index (χ2n) is 4.77. The largest absolute Gasteiger partial charge is 0.484 e. The first-order chi connectivity index (χ1) is 11.1. The highest BCUT2D eigenvalue weighted by Gasteiger charge is 2.01. The highest BCUT2D eigenvalue weighted by Crippen LogP contribution is 2.15. The molecule has 0 aromatic heterocycles. The minimum Gasteiger partial charge on any atom is -0.484 e. The molecule has 2 aromatic carbocycles. The Hall–Kier alpha value is -2.40. The first-order valence-electron chi connectivity index (χ1n) is 7.08. The number of nitrogens with one attached hydrogen (secondary N) is 1. The zero-order valence-corrected chi connectivity index (χ0v) is 14.3. The van der Waals surface area contributed by atoms with Crippen LogP contribution in [0.1, 0.15) is 12.5 Å². The molecule has 0 bridgehead atoms. The van der Waals surface area contributed by atoms with E-state index in [1.165, 1.54) is 0 Å². The van der Waals surface area contributed by atoms with Crippen LogP contribution < -0.4 is 10.2 Å². The van der Waals surface area contributed by atoms with Crippen molar-refractivity contribution < 1.29 is 9.53 Å². The summed E-state index contributed by atoms with van der Waals surface area (Å²) in [6.45, 7) is 1.73. The number of benzene rings is 2. The average molecular weight is 373 g/mol. The summed E-state index contributed by atoms with van der Waals surface area (Å²) < 4.78 is 6.32. The van der Waals surface area contributed by atoms with E-state index in [1.54, 1.807) is 12.1 Å². The summed E-state index contributed by atoms with van der Waals surface area (Å²) in [7, 11) is 0. The van der Waals surface area contributed by atoms with E-state index in [0.29, 0.717) is 11.5 Å². The van der Waals surface area contributed by atoms with Crippen LogP contribution in [-0.4, -0.2) is 18.2 Å². The van der Waals surface area contributed by atoms with E-state index in [4.69, 9.17) is 4.74 Å². The monoisotopic (exact) mass is 372 g/mol. The molecular formula is C18H17BrN2O2. The Morgan fingerprint density at radius 1 is 1.17 bits per heavy atom. The fourth-order valence-electron chi connectivity index (χ4n) is 1.68. The first kappa shape index (κ1) is 17.0. The lowest BCUT2D eigenvalue weighted by molar-refractivity contribution is -0.123. The van der Waals surface area contributed by atoms with Crippen LogP contribution in [0.4, 0.5) is 0 Å². The number of hydrogen-bond acceptors (Lipinski definition) is 3. The molecule has 5 heteroatoms. The second kappa shape index (κ2) is 8.90. The van der Waals surface area contributed by atoms with Crippen molar-refractivity contribution in [1.29, 1.82) is 0 Å². The highest BCUT2D eigenvalue weighted by molar-refractivity contribution is 9.10. The van der Waals surface area contributed by atoms with E-state index in [0.717, 1.165) is 10.0 Å². The van der Waals surface area contributed by atoms with E-state index in [2.05, 4.69) is 26.5 Å². The number of ether oxygens (including phenoxy) is 1. The molecule has 0 heterocycles. The summed E-state index contributed by atoms with van der Waals surface area (Å²) in [5.74, 6) is 0.327. The van der Waals surface area contributed by atoms with Gasteiger partial charge in [0.05, 0.1) is 5.71 Å². The third-order valence-electron chi connectivity index (χ3n) is 2.86. The summed E-state index contributed by atoms with van der Waals surface area (Å²) in [6, 6.07) is 17.2. The summed E-state index contributed by atoms with van der Waals surface area (Å²) in [6.07, 6.45) is 3.77. The van der Waals surface area contributed by atoms with Crippen LogP contribution in [0.2, 0.25) is 0 Å². The number of rotatable bonds is 6. The quantitative estimate of drug-likeness (QED) is 0.614. The van der Waals surface area contributed by atoms with Gasteiger partial charge < -0.3 is 4.74 Å². The number of allylic oxidation sites excluding steroid dienone is 1. The average Bonchev–Trinajstić information content (AvgIpc) is 2.58. The third-order valence-corrected chi connectivity index (χ3v) is 3.39. The van der Waals surface area contributed by atoms with Gasteiger partial charge in [-0.2, -0.15) is 5.10 Å². The molecular weight excluding hydrogens is 356 g/mol. The summed E-state index contributed by atoms with van der Waals surface area (Å²) in [5, 5.41) is 4.01. The molecule has 0 spiro atoms. The Bertz CT molecular complexity index is 695. The van der Waals surface area contributed by atoms with Gasteiger partial charge in [-0.25, -0.2) is 5.43 Å². The van der Waals surface area contributed by atoms with Crippen molar-refractivity contribution >= 4 is 33.6 Å². The standard InChI is InChI=1S/C18H17BrN2O2/c1-14(7-8-15-5-3-2-4-6-15)20-21-18(22)13-23-17-11-9-16(19)10-12-17/h2-12H,13H2,1H3,(H,21,22)/b8-7+,20-14?. The van der Waals surface area contributed by atoms with Crippen LogP contribution in [0.3, 0.4) is 0 Å². The van der Waals surface area contributed by atoms with Gasteiger partial charge in [-0.3, -0.25) is 4.79 Å². The Labute approximate surface area is 144 Å². The summed E-state index contributed by atoms with van der Waals surface area (Å²) >= 11 is 3.34. The Morgan fingerprint density at radius 3 is 2.57 bits per heavy atom. The molecule has 1 amide bonds. The smallest absolute Gasteiger partial charge is 0.277 e. The molecule has 0 saturated carbocycles. The fraction of sp³-hybridized carbons (Fsp3) is 0.111. The number of hydrazone groups is 1. The van der Waals surface area contributed by atoms with Gasteiger partial charge >= 0.3 is 0 Å². The molecule has 0 unspecified atom stereocenters. The highest BCUT2D eigenvalue weighted by atomic mass is 79.9. The van der Waals surface area contributed by atoms with Crippen LogP contribution in [0.5, 0.6) is 5.75 Å². The van der Waals surface area contributed by atoms with Crippen LogP contribution >= 0.6 is 15.9 Å². The van der Waals surface area contributed by atoms with Gasteiger partial charge in [-0.1, -0.05) is 52.3 Å². The van der Waals surface area contributed by atoms with Crippen molar-refractivity contribution in [1.82, 2.24) is 5.43 Å². The van der Waals surface area contributed by atoms with Crippen LogP contribution in [0.15, 0.2) is 70.2 Å². The first-order valence-corrected chi connectivity index (χ1v) is 7.87. The number of halogens is 1. The lowest BCUT2D eigenvalue weighted by atomic mass is 10.2. The zero-order chi connectivity index (χ0) is 16.5. The van der Waals surface area contributed by atoms with Crippen molar-refractivity contribution in [2.24, 2.45) is 5.10 Å². The summed E-state index contributed by atoms with van der Waals surface area (Å²) in [5.41, 5.74) is 4.24. The second-order valence-corrected chi connectivity index (χ2v) is 5.69. The van der Waals surface area contributed by atoms with Gasteiger partial charge in [-0.15, -0.1) is 0 Å². The maximum atomic E-state index is 11.7. The number of carbonyl (C=O) groups is 1. The molecule has 2 aromatic rings. The molecule has 0 atom stereocenters. The van der Waals surface area contributed by atoms with Gasteiger partial charge in [0.2, 0.25) is 0 Å². The van der Waals surface area contributed by atoms with Gasteiger partial charge in [0.15, 0.2) is 6.61 Å². The van der Waals surface area contributed by atoms with Gasteiger partial charge in [0, 0.05) is 4.47 Å². The molecule has 0 aliphatic carbocycles. The predicted octanol–water partition coefficient (Wildman–Crippen LogP) is 4.03. The number of amides is 1. The van der Waals surface area contributed by atoms with Crippen molar-refractivity contribution in [3.63, 3.8) is 0 Å². The number of hydrogen-bond donors (Lipinski definition) is 1. The van der Waals surface area contributed by atoms with Crippen molar-refractivity contribution in [2.75, 3.05) is 6.61 Å². The van der Waals surface area contributed by atoms with Crippen LogP contribution in [0.25, 0.3) is 6.08 Å². The molecule has 0 aliphatic heterocycles. The fourth-order valence-corrected chi connectivity index (χ4v) is 1.95. The van der Waals surface area contributed by atoms with Crippen molar-refractivity contribution in [3.05, 3.63) is 70.7 Å². The SMILES string of the molecule is CC(/C=C/c1ccccc1)=NNC(=O)COc1ccc(Br)cc1. The Morgan fingerprint density at radius 2 is 1.87 bits per heavy atom. The molecule has 118 valence electrons. The molecule has 0 radical (unpaired) electrons. The number of carbonyl (C=O) groups excluding carboxylic acids is 1. The maximum absolute atomic E-state index is 11.7. The molecule has 0 saturated heterocycles. The van der Waals surface area contributed by atoms with Crippen molar-refractivity contribution in [2.45, 2.75) is 6.92 Å². The zero-order valence-electron chi connectivity index (χ0n) is 12.7. The van der Waals surface area contributed by atoms with Gasteiger partial charge in [0.25, 0.3) is 5.91 Å². The van der Waals surface area contributed by atoms with Crippen LogP contribution in [0, 0.1) is 0 Å². The van der Waals surface area contributed by atoms with E-state index in [-0.39, 0.29) is 12.5 Å². The minimum atomic E-state index is -0.305. The lowest BCUT2D eigenvalue weighted by Gasteiger charge is -2.05. The Balaban J connectivity index is 1.78. The maximum Gasteiger partial charge on any atom is 0.277 e. The predicted molar refractivity (Wildman–Crippen MR) is 96.4 cm³/mol. The molecule has 2 rings (SSSR count). The van der Waals surface area contributed by atoms with E-state index in [9.17, 15) is 4.79 Å². The van der Waals surface area contributed by atoms with Crippen LogP contribution in [-0.2, 0) is 4.79 Å². The van der Waals surface area contributed by atoms with E-state index >= 15 is 0 Å². The third kappa shape index (κ3) is 6.48.